The normalized spacial score (nSPS) is 29.1. The van der Waals surface area contributed by atoms with Gasteiger partial charge in [-0.3, -0.25) is 140 Å². The summed E-state index contributed by atoms with van der Waals surface area (Å²) in [5, 5.41) is 10.8. The summed E-state index contributed by atoms with van der Waals surface area (Å²) in [6.07, 6.45) is -25.6. The van der Waals surface area contributed by atoms with Gasteiger partial charge in [-0.05, 0) is 67.3 Å². The summed E-state index contributed by atoms with van der Waals surface area (Å²) in [5.74, 6) is 0. The van der Waals surface area contributed by atoms with E-state index < -0.39 is 297 Å². The molecule has 6 fully saturated rings. The van der Waals surface area contributed by atoms with Crippen LogP contribution in [-0.2, 0) is 110 Å². The van der Waals surface area contributed by atoms with E-state index in [1.807, 2.05) is 15.0 Å². The Kier molecular flexibility index (Phi) is 31.2. The zero-order valence-electron chi connectivity index (χ0n) is 67.6. The second kappa shape index (κ2) is 40.2. The Morgan fingerprint density at radius 2 is 0.504 bits per heavy atom. The minimum absolute atomic E-state index is 0.0104. The number of H-pyrrole nitrogens is 6. The second-order valence-electron chi connectivity index (χ2n) is 30.1. The predicted octanol–water partition coefficient (Wildman–Crippen LogP) is -2.00. The number of nitrogens with one attached hydrogen (secondary N) is 6. The molecule has 6 aliphatic heterocycles. The van der Waals surface area contributed by atoms with Crippen molar-refractivity contribution in [1.82, 2.24) is 57.3 Å². The number of aromatic amines is 6. The lowest BCUT2D eigenvalue weighted by molar-refractivity contribution is -0.0657. The molecule has 6 saturated heterocycles. The molecule has 0 saturated carbocycles. The van der Waals surface area contributed by atoms with Gasteiger partial charge in [0.25, 0.3) is 33.4 Å². The van der Waals surface area contributed by atoms with Crippen molar-refractivity contribution in [2.45, 2.75) is 210 Å². The van der Waals surface area contributed by atoms with Crippen molar-refractivity contribution < 1.29 is 145 Å². The molecule has 704 valence electrons. The number of ether oxygens (including phenoxy) is 6. The van der Waals surface area contributed by atoms with Gasteiger partial charge < -0.3 is 68.6 Å². The number of unbranched alkanes of at least 4 members (excludes halogenated alkanes) is 2. The lowest BCUT2D eigenvalue weighted by Gasteiger charge is -2.26. The number of aliphatic hydroxyl groups is 1. The Balaban J connectivity index is 0.741. The van der Waals surface area contributed by atoms with E-state index in [2.05, 4.69) is 15.0 Å². The molecular weight excluding hydrogens is 1840 g/mol. The molecule has 6 aromatic heterocycles. The van der Waals surface area contributed by atoms with Crippen molar-refractivity contribution >= 4 is 46.9 Å². The predicted molar refractivity (Wildman–Crippen MR) is 421 cm³/mol. The molecule has 0 aromatic carbocycles. The number of aromatic nitrogens is 12. The molecule has 0 amide bonds. The number of nitrogens with zero attached hydrogens (tertiary/aromatic N) is 6. The van der Waals surface area contributed by atoms with Gasteiger partial charge in [0.05, 0.1) is 52.4 Å². The summed E-state index contributed by atoms with van der Waals surface area (Å²) >= 11 is 0. The first-order valence-electron chi connectivity index (χ1n) is 38.7. The third kappa shape index (κ3) is 25.0. The van der Waals surface area contributed by atoms with E-state index in [0.717, 1.165) is 64.6 Å². The van der Waals surface area contributed by atoms with Crippen LogP contribution in [0, 0.1) is 41.5 Å². The van der Waals surface area contributed by atoms with E-state index >= 15 is 0 Å². The zero-order chi connectivity index (χ0) is 92.5. The van der Waals surface area contributed by atoms with Crippen LogP contribution < -0.4 is 73.2 Å². The molecule has 56 nitrogen and oxygen atoms in total. The van der Waals surface area contributed by atoms with Crippen LogP contribution in [0.1, 0.15) is 129 Å². The Hall–Kier alpha value is -7.58. The molecule has 127 heavy (non-hydrogen) atoms. The molecule has 6 unspecified atom stereocenters. The monoisotopic (exact) mass is 1930 g/mol. The fourth-order valence-electron chi connectivity index (χ4n) is 14.2. The number of rotatable bonds is 40. The second-order valence-corrected chi connectivity index (χ2v) is 38.6. The third-order valence-electron chi connectivity index (χ3n) is 20.7. The van der Waals surface area contributed by atoms with Crippen LogP contribution in [0.25, 0.3) is 0 Å². The average Bonchev–Trinajstić information content (AvgIpc) is 1.67. The number of phosphoric acid groups is 6. The van der Waals surface area contributed by atoms with Gasteiger partial charge in [0.1, 0.15) is 105 Å². The molecule has 0 radical (unpaired) electrons. The van der Waals surface area contributed by atoms with Gasteiger partial charge in [0.15, 0.2) is 0 Å². The van der Waals surface area contributed by atoms with E-state index in [1.54, 1.807) is 0 Å². The topological polar surface area (TPSA) is 765 Å². The van der Waals surface area contributed by atoms with Crippen molar-refractivity contribution in [2.24, 2.45) is 5.73 Å². The number of aryl methyl sites for hydroxylation is 6. The van der Waals surface area contributed by atoms with Crippen molar-refractivity contribution in [3.8, 4) is 0 Å². The van der Waals surface area contributed by atoms with Crippen LogP contribution in [0.2, 0.25) is 0 Å². The number of nitrogens with two attached hydrogens (primary N) is 1. The van der Waals surface area contributed by atoms with Crippen molar-refractivity contribution in [3.63, 3.8) is 0 Å². The Bertz CT molecular complexity index is 6140. The first-order valence-corrected chi connectivity index (χ1v) is 47.6. The lowest BCUT2D eigenvalue weighted by Crippen LogP contribution is -2.33. The molecule has 6 aromatic rings. The van der Waals surface area contributed by atoms with Gasteiger partial charge in [0.2, 0.25) is 0 Å². The van der Waals surface area contributed by atoms with E-state index in [4.69, 9.17) is 88.4 Å². The summed E-state index contributed by atoms with van der Waals surface area (Å²) in [6, 6.07) is 0. The average molecular weight is 1930 g/mol. The Labute approximate surface area is 710 Å². The molecule has 0 aliphatic carbocycles. The molecular formula is C65H91N13O43P6. The van der Waals surface area contributed by atoms with E-state index in [0.29, 0.717) is 25.8 Å². The number of phosphoric ester groups is 6. The Morgan fingerprint density at radius 1 is 0.307 bits per heavy atom. The summed E-state index contributed by atoms with van der Waals surface area (Å²) < 4.78 is 189. The van der Waals surface area contributed by atoms with E-state index in [9.17, 15) is 119 Å². The number of hydrogen-bond acceptors (Lipinski definition) is 38. The summed E-state index contributed by atoms with van der Waals surface area (Å²) in [4.78, 5) is 233. The standard InChI is InChI=1S/C65H91N13O43P6/c1-30-18-73(60(86)67-54(30)80)48-12-36(79)42(111-48)24-106-123(94,95)117-38-14-50(75-20-32(3)56(82)69-62(75)88)113-44(38)26-108-125(98,99)119-40-16-52(77-22-34(5)58(84)71-64(77)90)115-46(40)28-110-127(102,103)121-41-17-53(78-23-35(6)59(85)72-65(78)91)116-47(41)29-109-126(100,101)120-39-15-51(76-21-33(4)57(83)70-63(76)89)114-45(39)27-107-124(96,97)118-37-13-49(74-19-31(2)55(81)68-61(74)87)112-43(37)25-105-122(92,93)104-11-9-7-8-10-66/h18-23,36-53,79H,7-17,24-29,66H2,1-6H3,(H,92,93)(H,94,95)(H,96,97)(H,98,99)(H,100,101)(H,102,103)(H,67,80,86)(H,68,81,87)(H,69,82,88)(H,70,83,89)(H,71,84,90)(H,72,85,91)/t36-,37-,38-,39-,40-,41-,42+,43+,44+,45+,46+,47+,48+,49+,50+,51+,52+,53+/m0/s1. The highest BCUT2D eigenvalue weighted by atomic mass is 31.2. The summed E-state index contributed by atoms with van der Waals surface area (Å²) in [7, 11) is -33.0. The SMILES string of the molecule is Cc1cn([C@H]2C[C@H](OP(=O)(O)OC[C@H]3O[C@@H](n4cc(C)c(=O)[nH]c4=O)C[C@@H]3OP(=O)(O)OC[C@H]3O[C@@H](n4cc(C)c(=O)[nH]c4=O)C[C@@H]3OP(=O)(O)OC[C@H]3O[C@@H](n4cc(C)c(=O)[nH]c4=O)C[C@@H]3OP(=O)(O)OC[C@H]3O[C@@H](n4cc(C)c(=O)[nH]c4=O)C[C@@H]3OP(=O)(O)OC[C@H]3O[C@@H](n4cc(C)c(=O)[nH]c4=O)C[C@@H]3O)[C@@H](COP(=O)(O)OCCCCCN)O2)c(=O)[nH]c1=O. The van der Waals surface area contributed by atoms with Gasteiger partial charge in [0, 0.05) is 109 Å². The Morgan fingerprint density at radius 3 is 0.724 bits per heavy atom. The lowest BCUT2D eigenvalue weighted by atomic mass is 10.2. The minimum Gasteiger partial charge on any atom is -0.390 e. The van der Waals surface area contributed by atoms with Crippen LogP contribution in [0.15, 0.2) is 94.7 Å². The number of aliphatic hydroxyl groups excluding tert-OH is 1. The van der Waals surface area contributed by atoms with Crippen LogP contribution in [0.3, 0.4) is 0 Å². The quantitative estimate of drug-likeness (QED) is 0.0146. The molecule has 15 N–H and O–H groups in total. The fourth-order valence-corrected chi connectivity index (χ4v) is 19.7. The van der Waals surface area contributed by atoms with E-state index in [-0.39, 0.29) is 46.4 Å². The molecule has 6 aliphatic rings. The fraction of sp³-hybridized carbons (Fsp3) is 0.631. The minimum atomic E-state index is -5.75. The van der Waals surface area contributed by atoms with Crippen LogP contribution >= 0.6 is 46.9 Å². The van der Waals surface area contributed by atoms with Gasteiger partial charge >= 0.3 is 81.1 Å². The van der Waals surface area contributed by atoms with Crippen molar-refractivity contribution in [1.29, 1.82) is 0 Å². The van der Waals surface area contributed by atoms with Crippen molar-refractivity contribution in [3.05, 3.63) is 196 Å². The maximum Gasteiger partial charge on any atom is 0.472 e. The maximum absolute atomic E-state index is 14.4. The molecule has 0 bridgehead atoms. The van der Waals surface area contributed by atoms with Gasteiger partial charge in [-0.2, -0.15) is 0 Å². The maximum atomic E-state index is 14.4. The molecule has 12 rings (SSSR count). The molecule has 24 atom stereocenters. The molecule has 62 heteroatoms. The molecule has 12 heterocycles. The van der Waals surface area contributed by atoms with Gasteiger partial charge in [-0.1, -0.05) is 0 Å². The largest absolute Gasteiger partial charge is 0.472 e. The third-order valence-corrected chi connectivity index (χ3v) is 26.7. The van der Waals surface area contributed by atoms with Gasteiger partial charge in [-0.15, -0.1) is 0 Å². The number of hydrogen-bond donors (Lipinski definition) is 14. The van der Waals surface area contributed by atoms with Gasteiger partial charge in [-0.25, -0.2) is 56.2 Å². The highest BCUT2D eigenvalue weighted by Crippen LogP contribution is 2.57. The zero-order valence-corrected chi connectivity index (χ0v) is 73.0. The first kappa shape index (κ1) is 98.5. The van der Waals surface area contributed by atoms with Crippen LogP contribution in [0.5, 0.6) is 0 Å². The smallest absolute Gasteiger partial charge is 0.390 e. The van der Waals surface area contributed by atoms with E-state index in [1.165, 1.54) is 41.5 Å². The molecule has 0 spiro atoms. The van der Waals surface area contributed by atoms with Crippen LogP contribution in [0.4, 0.5) is 0 Å². The van der Waals surface area contributed by atoms with Crippen LogP contribution in [-0.4, -0.2) is 218 Å². The first-order chi connectivity index (χ1) is 59.5. The highest BCUT2D eigenvalue weighted by Gasteiger charge is 2.52. The van der Waals surface area contributed by atoms with Crippen molar-refractivity contribution in [2.75, 3.05) is 52.8 Å². The highest BCUT2D eigenvalue weighted by molar-refractivity contribution is 7.48. The summed E-state index contributed by atoms with van der Waals surface area (Å²) in [5.41, 5.74) is -5.82. The summed E-state index contributed by atoms with van der Waals surface area (Å²) in [6.45, 7) is 1.40.